The van der Waals surface area contributed by atoms with Crippen molar-refractivity contribution in [3.05, 3.63) is 83.1 Å². The van der Waals surface area contributed by atoms with Gasteiger partial charge in [-0.1, -0.05) is 60.7 Å². The number of cyclic esters (lactones) is 1. The molecule has 1 N–H and O–H groups in total. The van der Waals surface area contributed by atoms with Crippen molar-refractivity contribution in [1.82, 2.24) is 0 Å². The summed E-state index contributed by atoms with van der Waals surface area (Å²) in [7, 11) is 0. The number of aryl methyl sites for hydroxylation is 1. The third kappa shape index (κ3) is 3.64. The van der Waals surface area contributed by atoms with Gasteiger partial charge in [-0.15, -0.1) is 0 Å². The van der Waals surface area contributed by atoms with E-state index in [0.717, 1.165) is 31.2 Å². The van der Waals surface area contributed by atoms with Crippen LogP contribution >= 0.6 is 0 Å². The van der Waals surface area contributed by atoms with Gasteiger partial charge in [0.05, 0.1) is 5.57 Å². The smallest absolute Gasteiger partial charge is 0.339 e. The zero-order valence-electron chi connectivity index (χ0n) is 15.7. The molecule has 27 heavy (non-hydrogen) atoms. The molecule has 2 aromatic carbocycles. The summed E-state index contributed by atoms with van der Waals surface area (Å²) in [6.07, 6.45) is 4.56. The summed E-state index contributed by atoms with van der Waals surface area (Å²) < 4.78 is 5.73. The van der Waals surface area contributed by atoms with Crippen LogP contribution < -0.4 is 0 Å². The number of carbonyl (C=O) groups is 1. The van der Waals surface area contributed by atoms with Crippen molar-refractivity contribution in [2.45, 2.75) is 50.5 Å². The van der Waals surface area contributed by atoms with E-state index in [1.54, 1.807) is 0 Å². The second-order valence-corrected chi connectivity index (χ2v) is 7.95. The van der Waals surface area contributed by atoms with Crippen LogP contribution in [0, 0.1) is 5.92 Å². The molecule has 1 fully saturated rings. The van der Waals surface area contributed by atoms with E-state index in [1.807, 2.05) is 55.5 Å². The molecule has 3 heteroatoms. The van der Waals surface area contributed by atoms with Gasteiger partial charge in [-0.3, -0.25) is 0 Å². The molecule has 1 aliphatic heterocycles. The van der Waals surface area contributed by atoms with Crippen LogP contribution in [-0.2, 0) is 16.0 Å². The fourth-order valence-corrected chi connectivity index (χ4v) is 4.17. The molecule has 140 valence electrons. The van der Waals surface area contributed by atoms with Crippen molar-refractivity contribution in [2.75, 3.05) is 0 Å². The van der Waals surface area contributed by atoms with E-state index in [2.05, 4.69) is 12.1 Å². The van der Waals surface area contributed by atoms with Crippen LogP contribution in [0.3, 0.4) is 0 Å². The minimum Gasteiger partial charge on any atom is -0.507 e. The normalized spacial score (nSPS) is 23.4. The van der Waals surface area contributed by atoms with Crippen molar-refractivity contribution in [1.29, 1.82) is 0 Å². The molecular formula is C24H26O3. The van der Waals surface area contributed by atoms with E-state index in [-0.39, 0.29) is 17.6 Å². The average molecular weight is 362 g/mol. The topological polar surface area (TPSA) is 46.5 Å². The number of carbonyl (C=O) groups excluding carboxylic acids is 1. The Morgan fingerprint density at radius 1 is 1.07 bits per heavy atom. The number of rotatable bonds is 7. The van der Waals surface area contributed by atoms with E-state index >= 15 is 0 Å². The van der Waals surface area contributed by atoms with Crippen molar-refractivity contribution < 1.29 is 14.6 Å². The lowest BCUT2D eigenvalue weighted by atomic mass is 9.84. The van der Waals surface area contributed by atoms with Gasteiger partial charge in [0.2, 0.25) is 0 Å². The second kappa shape index (κ2) is 7.22. The molecule has 0 spiro atoms. The fraction of sp³-hybridized carbons (Fsp3) is 0.375. The SMILES string of the molecule is CC1(CCCc2ccccc2)OC(=O)C(C(c2ccccc2)C2CC2)=C1O. The molecule has 2 aliphatic rings. The summed E-state index contributed by atoms with van der Waals surface area (Å²) >= 11 is 0. The molecule has 0 bridgehead atoms. The third-order valence-electron chi connectivity index (χ3n) is 5.82. The van der Waals surface area contributed by atoms with Gasteiger partial charge in [0.15, 0.2) is 5.60 Å². The molecule has 0 radical (unpaired) electrons. The highest BCUT2D eigenvalue weighted by atomic mass is 16.6. The maximum absolute atomic E-state index is 12.7. The number of aliphatic hydroxyl groups excluding tert-OH is 1. The molecule has 2 aromatic rings. The largest absolute Gasteiger partial charge is 0.507 e. The average Bonchev–Trinajstić information content (AvgIpc) is 3.48. The van der Waals surface area contributed by atoms with Gasteiger partial charge >= 0.3 is 5.97 Å². The number of hydrogen-bond acceptors (Lipinski definition) is 3. The summed E-state index contributed by atoms with van der Waals surface area (Å²) in [5, 5.41) is 11.0. The predicted octanol–water partition coefficient (Wildman–Crippen LogP) is 5.33. The lowest BCUT2D eigenvalue weighted by Gasteiger charge is -2.23. The molecule has 0 saturated heterocycles. The lowest BCUT2D eigenvalue weighted by molar-refractivity contribution is -0.147. The first-order chi connectivity index (χ1) is 13.1. The lowest BCUT2D eigenvalue weighted by Crippen LogP contribution is -2.28. The molecule has 1 heterocycles. The van der Waals surface area contributed by atoms with Gasteiger partial charge in [-0.2, -0.15) is 0 Å². The quantitative estimate of drug-likeness (QED) is 0.677. The first kappa shape index (κ1) is 17.8. The van der Waals surface area contributed by atoms with E-state index in [0.29, 0.717) is 17.9 Å². The molecule has 0 amide bonds. The van der Waals surface area contributed by atoms with Gasteiger partial charge in [0, 0.05) is 5.92 Å². The van der Waals surface area contributed by atoms with Gasteiger partial charge < -0.3 is 9.84 Å². The number of ether oxygens (including phenoxy) is 1. The monoisotopic (exact) mass is 362 g/mol. The van der Waals surface area contributed by atoms with Crippen molar-refractivity contribution in [3.63, 3.8) is 0 Å². The predicted molar refractivity (Wildman–Crippen MR) is 105 cm³/mol. The Kier molecular flexibility index (Phi) is 4.77. The first-order valence-corrected chi connectivity index (χ1v) is 9.84. The Hall–Kier alpha value is -2.55. The zero-order valence-corrected chi connectivity index (χ0v) is 15.7. The maximum Gasteiger partial charge on any atom is 0.339 e. The van der Waals surface area contributed by atoms with Crippen molar-refractivity contribution in [3.8, 4) is 0 Å². The summed E-state index contributed by atoms with van der Waals surface area (Å²) in [4.78, 5) is 12.7. The summed E-state index contributed by atoms with van der Waals surface area (Å²) in [6, 6.07) is 20.3. The van der Waals surface area contributed by atoms with Crippen molar-refractivity contribution >= 4 is 5.97 Å². The highest BCUT2D eigenvalue weighted by molar-refractivity contribution is 5.94. The van der Waals surface area contributed by atoms with E-state index < -0.39 is 5.60 Å². The van der Waals surface area contributed by atoms with E-state index in [1.165, 1.54) is 5.56 Å². The molecular weight excluding hydrogens is 336 g/mol. The maximum atomic E-state index is 12.7. The number of hydrogen-bond donors (Lipinski definition) is 1. The molecule has 2 unspecified atom stereocenters. The molecule has 1 saturated carbocycles. The Bertz CT molecular complexity index is 836. The second-order valence-electron chi connectivity index (χ2n) is 7.95. The van der Waals surface area contributed by atoms with Gasteiger partial charge in [-0.25, -0.2) is 4.79 Å². The Labute approximate surface area is 160 Å². The van der Waals surface area contributed by atoms with Crippen LogP contribution in [0.4, 0.5) is 0 Å². The Morgan fingerprint density at radius 2 is 1.70 bits per heavy atom. The Balaban J connectivity index is 1.55. The third-order valence-corrected chi connectivity index (χ3v) is 5.82. The van der Waals surface area contributed by atoms with Crippen LogP contribution in [0.2, 0.25) is 0 Å². The highest BCUT2D eigenvalue weighted by Crippen LogP contribution is 2.51. The molecule has 4 rings (SSSR count). The number of aliphatic hydroxyl groups is 1. The van der Waals surface area contributed by atoms with Crippen LogP contribution in [-0.4, -0.2) is 16.7 Å². The summed E-state index contributed by atoms with van der Waals surface area (Å²) in [6.45, 7) is 1.84. The van der Waals surface area contributed by atoms with Gasteiger partial charge in [-0.05, 0) is 56.1 Å². The van der Waals surface area contributed by atoms with Gasteiger partial charge in [0.1, 0.15) is 5.76 Å². The van der Waals surface area contributed by atoms with Crippen LogP contribution in [0.25, 0.3) is 0 Å². The standard InChI is InChI=1S/C24H26O3/c1-24(16-8-11-17-9-4-2-5-10-17)22(25)21(23(26)27-24)20(19-14-15-19)18-12-6-3-7-13-18/h2-7,9-10,12-13,19-20,25H,8,11,14-16H2,1H3. The minimum absolute atomic E-state index is 0.0605. The van der Waals surface area contributed by atoms with Crippen LogP contribution in [0.5, 0.6) is 0 Å². The summed E-state index contributed by atoms with van der Waals surface area (Å²) in [5.41, 5.74) is 1.91. The molecule has 3 nitrogen and oxygen atoms in total. The van der Waals surface area contributed by atoms with Crippen LogP contribution in [0.1, 0.15) is 49.7 Å². The fourth-order valence-electron chi connectivity index (χ4n) is 4.17. The zero-order chi connectivity index (χ0) is 18.9. The number of esters is 1. The minimum atomic E-state index is -0.914. The molecule has 0 aromatic heterocycles. The van der Waals surface area contributed by atoms with Crippen molar-refractivity contribution in [2.24, 2.45) is 5.92 Å². The molecule has 1 aliphatic carbocycles. The Morgan fingerprint density at radius 3 is 2.33 bits per heavy atom. The van der Waals surface area contributed by atoms with Crippen LogP contribution in [0.15, 0.2) is 72.0 Å². The highest BCUT2D eigenvalue weighted by Gasteiger charge is 2.49. The number of benzene rings is 2. The molecule has 2 atom stereocenters. The first-order valence-electron chi connectivity index (χ1n) is 9.84. The summed E-state index contributed by atoms with van der Waals surface area (Å²) in [5.74, 6) is 0.148. The van der Waals surface area contributed by atoms with E-state index in [9.17, 15) is 9.90 Å². The van der Waals surface area contributed by atoms with E-state index in [4.69, 9.17) is 4.74 Å². The van der Waals surface area contributed by atoms with Gasteiger partial charge in [0.25, 0.3) is 0 Å².